The second-order valence-corrected chi connectivity index (χ2v) is 2.78. The maximum atomic E-state index is 13.1. The van der Waals surface area contributed by atoms with Gasteiger partial charge < -0.3 is 4.74 Å². The van der Waals surface area contributed by atoms with Gasteiger partial charge in [-0.3, -0.25) is 9.59 Å². The summed E-state index contributed by atoms with van der Waals surface area (Å²) in [7, 11) is 1.11. The minimum absolute atomic E-state index is 0.444. The Morgan fingerprint density at radius 2 is 2.00 bits per heavy atom. The summed E-state index contributed by atoms with van der Waals surface area (Å²) < 4.78 is 30.0. The summed E-state index contributed by atoms with van der Waals surface area (Å²) >= 11 is 0. The molecule has 0 aliphatic heterocycles. The van der Waals surface area contributed by atoms with Gasteiger partial charge in [-0.1, -0.05) is 6.07 Å². The highest BCUT2D eigenvalue weighted by atomic mass is 19.2. The van der Waals surface area contributed by atoms with Crippen LogP contribution in [-0.2, 0) is 9.53 Å². The molecule has 80 valence electrons. The average Bonchev–Trinajstić information content (AvgIpc) is 2.21. The van der Waals surface area contributed by atoms with Crippen molar-refractivity contribution in [3.8, 4) is 0 Å². The number of carbonyl (C=O) groups is 2. The van der Waals surface area contributed by atoms with E-state index in [0.717, 1.165) is 19.2 Å². The topological polar surface area (TPSA) is 43.4 Å². The van der Waals surface area contributed by atoms with Gasteiger partial charge in [-0.2, -0.15) is 0 Å². The van der Waals surface area contributed by atoms with Gasteiger partial charge in [0, 0.05) is 0 Å². The smallest absolute Gasteiger partial charge is 0.313 e. The van der Waals surface area contributed by atoms with Gasteiger partial charge in [-0.25, -0.2) is 8.78 Å². The largest absolute Gasteiger partial charge is 0.469 e. The molecule has 3 nitrogen and oxygen atoms in total. The number of hydrogen-bond donors (Lipinski definition) is 0. The van der Waals surface area contributed by atoms with Gasteiger partial charge in [-0.05, 0) is 12.1 Å². The molecular formula is C10H8F2O3. The Morgan fingerprint density at radius 1 is 1.33 bits per heavy atom. The fourth-order valence-electron chi connectivity index (χ4n) is 1.02. The quantitative estimate of drug-likeness (QED) is 0.437. The number of carbonyl (C=O) groups excluding carboxylic acids is 2. The van der Waals surface area contributed by atoms with Crippen molar-refractivity contribution in [2.24, 2.45) is 0 Å². The van der Waals surface area contributed by atoms with Crippen molar-refractivity contribution in [1.29, 1.82) is 0 Å². The molecule has 0 aliphatic rings. The van der Waals surface area contributed by atoms with Crippen molar-refractivity contribution in [3.05, 3.63) is 35.4 Å². The molecular weight excluding hydrogens is 206 g/mol. The number of ketones is 1. The molecule has 0 saturated carbocycles. The minimum Gasteiger partial charge on any atom is -0.469 e. The molecule has 1 aromatic carbocycles. The highest BCUT2D eigenvalue weighted by molar-refractivity contribution is 6.06. The highest BCUT2D eigenvalue weighted by Gasteiger charge is 2.17. The molecule has 0 aliphatic carbocycles. The van der Waals surface area contributed by atoms with Crippen molar-refractivity contribution in [2.75, 3.05) is 7.11 Å². The minimum atomic E-state index is -1.24. The normalized spacial score (nSPS) is 9.80. The van der Waals surface area contributed by atoms with Crippen molar-refractivity contribution in [2.45, 2.75) is 6.42 Å². The van der Waals surface area contributed by atoms with E-state index in [0.29, 0.717) is 0 Å². The first kappa shape index (κ1) is 11.3. The fraction of sp³-hybridized carbons (Fsp3) is 0.200. The van der Waals surface area contributed by atoms with Crippen LogP contribution in [0.3, 0.4) is 0 Å². The summed E-state index contributed by atoms with van der Waals surface area (Å²) in [5.74, 6) is -3.96. The van der Waals surface area contributed by atoms with E-state index in [1.54, 1.807) is 0 Å². The molecule has 0 heterocycles. The van der Waals surface area contributed by atoms with Crippen LogP contribution in [0.4, 0.5) is 8.78 Å². The summed E-state index contributed by atoms with van der Waals surface area (Å²) in [6, 6.07) is 3.21. The zero-order valence-corrected chi connectivity index (χ0v) is 7.92. The first-order valence-corrected chi connectivity index (χ1v) is 4.10. The highest BCUT2D eigenvalue weighted by Crippen LogP contribution is 2.13. The Bertz CT molecular complexity index is 402. The van der Waals surface area contributed by atoms with Gasteiger partial charge in [-0.15, -0.1) is 0 Å². The second kappa shape index (κ2) is 4.63. The third-order valence-electron chi connectivity index (χ3n) is 1.78. The van der Waals surface area contributed by atoms with E-state index >= 15 is 0 Å². The number of Topliss-reactive ketones (excluding diaryl/α,β-unsaturated/α-hetero) is 1. The van der Waals surface area contributed by atoms with Gasteiger partial charge in [0.1, 0.15) is 6.42 Å². The lowest BCUT2D eigenvalue weighted by Crippen LogP contribution is -2.11. The molecule has 0 radical (unpaired) electrons. The summed E-state index contributed by atoms with van der Waals surface area (Å²) in [6.07, 6.45) is -0.600. The van der Waals surface area contributed by atoms with Crippen molar-refractivity contribution < 1.29 is 23.1 Å². The molecule has 0 fully saturated rings. The van der Waals surface area contributed by atoms with Crippen LogP contribution < -0.4 is 0 Å². The van der Waals surface area contributed by atoms with Gasteiger partial charge in [0.2, 0.25) is 0 Å². The maximum absolute atomic E-state index is 13.1. The number of hydrogen-bond acceptors (Lipinski definition) is 3. The van der Waals surface area contributed by atoms with Crippen LogP contribution in [0.5, 0.6) is 0 Å². The van der Waals surface area contributed by atoms with E-state index in [4.69, 9.17) is 0 Å². The lowest BCUT2D eigenvalue weighted by Gasteiger charge is -2.01. The number of rotatable bonds is 3. The molecule has 0 unspecified atom stereocenters. The first-order chi connectivity index (χ1) is 7.06. The molecule has 0 atom stereocenters. The Balaban J connectivity index is 2.92. The number of benzene rings is 1. The first-order valence-electron chi connectivity index (χ1n) is 4.10. The maximum Gasteiger partial charge on any atom is 0.313 e. The van der Waals surface area contributed by atoms with Crippen molar-refractivity contribution >= 4 is 11.8 Å². The van der Waals surface area contributed by atoms with Crippen molar-refractivity contribution in [1.82, 2.24) is 0 Å². The molecule has 0 bridgehead atoms. The predicted molar refractivity (Wildman–Crippen MR) is 47.3 cm³/mol. The molecule has 0 amide bonds. The van der Waals surface area contributed by atoms with E-state index in [-0.39, 0.29) is 0 Å². The monoisotopic (exact) mass is 214 g/mol. The Hall–Kier alpha value is -1.78. The van der Waals surface area contributed by atoms with Crippen molar-refractivity contribution in [3.63, 3.8) is 0 Å². The molecule has 1 aromatic rings. The summed E-state index contributed by atoms with van der Waals surface area (Å²) in [4.78, 5) is 22.0. The van der Waals surface area contributed by atoms with Crippen LogP contribution in [0.1, 0.15) is 16.8 Å². The summed E-state index contributed by atoms with van der Waals surface area (Å²) in [5.41, 5.74) is -0.444. The number of ether oxygens (including phenoxy) is 1. The van der Waals surface area contributed by atoms with Gasteiger partial charge in [0.15, 0.2) is 17.4 Å². The molecule has 1 rings (SSSR count). The van der Waals surface area contributed by atoms with E-state index in [1.165, 1.54) is 6.07 Å². The molecule has 0 spiro atoms. The molecule has 5 heteroatoms. The second-order valence-electron chi connectivity index (χ2n) is 2.78. The summed E-state index contributed by atoms with van der Waals surface area (Å²) in [5, 5.41) is 0. The van der Waals surface area contributed by atoms with Crippen LogP contribution in [0.2, 0.25) is 0 Å². The molecule has 0 aromatic heterocycles. The standard InChI is InChI=1S/C10H8F2O3/c1-15-9(14)5-8(13)6-3-2-4-7(11)10(6)12/h2-4H,5H2,1H3. The van der Waals surface area contributed by atoms with Crippen LogP contribution in [0.15, 0.2) is 18.2 Å². The van der Waals surface area contributed by atoms with Crippen LogP contribution in [0.25, 0.3) is 0 Å². The number of methoxy groups -OCH3 is 1. The predicted octanol–water partition coefficient (Wildman–Crippen LogP) is 1.71. The SMILES string of the molecule is COC(=O)CC(=O)c1cccc(F)c1F. The van der Waals surface area contributed by atoms with Crippen LogP contribution in [0, 0.1) is 11.6 Å². The van der Waals surface area contributed by atoms with E-state index in [1.807, 2.05) is 0 Å². The zero-order valence-electron chi connectivity index (χ0n) is 7.92. The van der Waals surface area contributed by atoms with E-state index in [9.17, 15) is 18.4 Å². The third-order valence-corrected chi connectivity index (χ3v) is 1.78. The van der Waals surface area contributed by atoms with Gasteiger partial charge >= 0.3 is 5.97 Å². The lowest BCUT2D eigenvalue weighted by atomic mass is 10.1. The molecule has 0 N–H and O–H groups in total. The Labute approximate surface area is 84.7 Å². The van der Waals surface area contributed by atoms with Gasteiger partial charge in [0.25, 0.3) is 0 Å². The van der Waals surface area contributed by atoms with Crippen LogP contribution >= 0.6 is 0 Å². The third kappa shape index (κ3) is 2.59. The number of esters is 1. The lowest BCUT2D eigenvalue weighted by molar-refractivity contribution is -0.139. The Kier molecular flexibility index (Phi) is 3.49. The molecule has 0 saturated heterocycles. The fourth-order valence-corrected chi connectivity index (χ4v) is 1.02. The Morgan fingerprint density at radius 3 is 2.60 bits per heavy atom. The van der Waals surface area contributed by atoms with E-state index < -0.39 is 35.4 Å². The van der Waals surface area contributed by atoms with Crippen LogP contribution in [-0.4, -0.2) is 18.9 Å². The number of halogens is 2. The van der Waals surface area contributed by atoms with E-state index in [2.05, 4.69) is 4.74 Å². The average molecular weight is 214 g/mol. The zero-order chi connectivity index (χ0) is 11.4. The molecule has 15 heavy (non-hydrogen) atoms. The van der Waals surface area contributed by atoms with Gasteiger partial charge in [0.05, 0.1) is 12.7 Å². The summed E-state index contributed by atoms with van der Waals surface area (Å²) in [6.45, 7) is 0.